The van der Waals surface area contributed by atoms with Gasteiger partial charge in [-0.3, -0.25) is 0 Å². The second kappa shape index (κ2) is 3.06. The maximum absolute atomic E-state index is 8.84. The lowest BCUT2D eigenvalue weighted by Crippen LogP contribution is -2.35. The SMILES string of the molecule is CC1(CCO)Oc2ccc(N)cc2O1. The zero-order valence-electron chi connectivity index (χ0n) is 7.99. The predicted molar refractivity (Wildman–Crippen MR) is 52.2 cm³/mol. The number of fused-ring (bicyclic) bond motifs is 1. The van der Waals surface area contributed by atoms with Crippen LogP contribution in [0.5, 0.6) is 11.5 Å². The Morgan fingerprint density at radius 1 is 1.36 bits per heavy atom. The fourth-order valence-electron chi connectivity index (χ4n) is 1.48. The van der Waals surface area contributed by atoms with E-state index in [-0.39, 0.29) is 6.61 Å². The first-order valence-electron chi connectivity index (χ1n) is 4.51. The summed E-state index contributed by atoms with van der Waals surface area (Å²) in [5.74, 6) is 0.557. The third-order valence-electron chi connectivity index (χ3n) is 2.19. The van der Waals surface area contributed by atoms with Crippen LogP contribution in [0.3, 0.4) is 0 Å². The molecular formula is C10H13NO3. The van der Waals surface area contributed by atoms with E-state index < -0.39 is 5.79 Å². The molecular weight excluding hydrogens is 182 g/mol. The molecule has 3 N–H and O–H groups in total. The molecule has 1 unspecified atom stereocenters. The largest absolute Gasteiger partial charge is 0.449 e. The molecule has 1 aliphatic rings. The summed E-state index contributed by atoms with van der Waals surface area (Å²) in [7, 11) is 0. The summed E-state index contributed by atoms with van der Waals surface area (Å²) in [6.45, 7) is 1.82. The van der Waals surface area contributed by atoms with Gasteiger partial charge in [0.2, 0.25) is 0 Å². The Morgan fingerprint density at radius 2 is 2.07 bits per heavy atom. The summed E-state index contributed by atoms with van der Waals surface area (Å²) in [5, 5.41) is 8.84. The summed E-state index contributed by atoms with van der Waals surface area (Å²) in [6, 6.07) is 5.25. The molecule has 1 aromatic carbocycles. The Hall–Kier alpha value is -1.42. The number of benzene rings is 1. The first-order chi connectivity index (χ1) is 6.63. The molecule has 1 atom stereocenters. The zero-order valence-corrected chi connectivity index (χ0v) is 7.99. The van der Waals surface area contributed by atoms with E-state index in [1.807, 2.05) is 0 Å². The fourth-order valence-corrected chi connectivity index (χ4v) is 1.48. The number of aliphatic hydroxyl groups excluding tert-OH is 1. The van der Waals surface area contributed by atoms with Gasteiger partial charge in [0.1, 0.15) is 0 Å². The molecule has 0 saturated carbocycles. The van der Waals surface area contributed by atoms with Gasteiger partial charge in [-0.2, -0.15) is 0 Å². The average Bonchev–Trinajstić information content (AvgIpc) is 2.40. The van der Waals surface area contributed by atoms with E-state index in [1.54, 1.807) is 25.1 Å². The highest BCUT2D eigenvalue weighted by atomic mass is 16.7. The van der Waals surface area contributed by atoms with Gasteiger partial charge in [0.05, 0.1) is 6.61 Å². The molecule has 0 saturated heterocycles. The van der Waals surface area contributed by atoms with Crippen molar-refractivity contribution in [1.29, 1.82) is 0 Å². The van der Waals surface area contributed by atoms with E-state index in [4.69, 9.17) is 20.3 Å². The second-order valence-corrected chi connectivity index (χ2v) is 3.52. The summed E-state index contributed by atoms with van der Waals surface area (Å²) >= 11 is 0. The average molecular weight is 195 g/mol. The van der Waals surface area contributed by atoms with Crippen LogP contribution in [0.1, 0.15) is 13.3 Å². The van der Waals surface area contributed by atoms with Crippen molar-refractivity contribution in [3.05, 3.63) is 18.2 Å². The van der Waals surface area contributed by atoms with Crippen LogP contribution < -0.4 is 15.2 Å². The van der Waals surface area contributed by atoms with Crippen LogP contribution in [-0.2, 0) is 0 Å². The van der Waals surface area contributed by atoms with Gasteiger partial charge >= 0.3 is 0 Å². The Labute approximate surface area is 82.2 Å². The van der Waals surface area contributed by atoms with E-state index in [1.165, 1.54) is 0 Å². The van der Waals surface area contributed by atoms with Crippen molar-refractivity contribution in [2.45, 2.75) is 19.1 Å². The number of aliphatic hydroxyl groups is 1. The Balaban J connectivity index is 2.25. The van der Waals surface area contributed by atoms with E-state index in [9.17, 15) is 0 Å². The van der Waals surface area contributed by atoms with Crippen LogP contribution in [0.4, 0.5) is 5.69 Å². The van der Waals surface area contributed by atoms with Crippen molar-refractivity contribution >= 4 is 5.69 Å². The molecule has 0 aromatic heterocycles. The van der Waals surface area contributed by atoms with E-state index >= 15 is 0 Å². The topological polar surface area (TPSA) is 64.7 Å². The third-order valence-corrected chi connectivity index (χ3v) is 2.19. The molecule has 76 valence electrons. The molecule has 0 amide bonds. The van der Waals surface area contributed by atoms with Gasteiger partial charge in [0, 0.05) is 25.1 Å². The molecule has 1 heterocycles. The van der Waals surface area contributed by atoms with Gasteiger partial charge in [-0.1, -0.05) is 0 Å². The van der Waals surface area contributed by atoms with Gasteiger partial charge in [0.15, 0.2) is 11.5 Å². The minimum atomic E-state index is -0.759. The highest BCUT2D eigenvalue weighted by Crippen LogP contribution is 2.41. The van der Waals surface area contributed by atoms with Gasteiger partial charge < -0.3 is 20.3 Å². The van der Waals surface area contributed by atoms with Crippen molar-refractivity contribution in [2.24, 2.45) is 0 Å². The van der Waals surface area contributed by atoms with Gasteiger partial charge in [0.25, 0.3) is 5.79 Å². The molecule has 0 spiro atoms. The summed E-state index contributed by atoms with van der Waals surface area (Å²) in [6.07, 6.45) is 0.432. The second-order valence-electron chi connectivity index (χ2n) is 3.52. The maximum atomic E-state index is 8.84. The number of ether oxygens (including phenoxy) is 2. The Morgan fingerprint density at radius 3 is 2.79 bits per heavy atom. The van der Waals surface area contributed by atoms with Gasteiger partial charge in [-0.05, 0) is 12.1 Å². The molecule has 1 aliphatic heterocycles. The van der Waals surface area contributed by atoms with Crippen LogP contribution in [0, 0.1) is 0 Å². The number of nitrogen functional groups attached to an aromatic ring is 1. The molecule has 14 heavy (non-hydrogen) atoms. The van der Waals surface area contributed by atoms with Gasteiger partial charge in [-0.15, -0.1) is 0 Å². The Bertz CT molecular complexity index is 353. The third kappa shape index (κ3) is 1.48. The molecule has 0 fully saturated rings. The van der Waals surface area contributed by atoms with E-state index in [0.29, 0.717) is 23.6 Å². The van der Waals surface area contributed by atoms with Crippen molar-refractivity contribution in [3.8, 4) is 11.5 Å². The summed E-state index contributed by atoms with van der Waals surface area (Å²) in [4.78, 5) is 0. The van der Waals surface area contributed by atoms with Crippen molar-refractivity contribution in [3.63, 3.8) is 0 Å². The van der Waals surface area contributed by atoms with Crippen LogP contribution in [0.2, 0.25) is 0 Å². The highest BCUT2D eigenvalue weighted by molar-refractivity contribution is 5.53. The molecule has 4 heteroatoms. The molecule has 0 bridgehead atoms. The van der Waals surface area contributed by atoms with E-state index in [2.05, 4.69) is 0 Å². The lowest BCUT2D eigenvalue weighted by molar-refractivity contribution is -0.0769. The zero-order chi connectivity index (χ0) is 10.2. The number of rotatable bonds is 2. The summed E-state index contributed by atoms with van der Waals surface area (Å²) in [5.41, 5.74) is 6.25. The Kier molecular flexibility index (Phi) is 2.00. The monoisotopic (exact) mass is 195 g/mol. The lowest BCUT2D eigenvalue weighted by atomic mass is 10.2. The minimum absolute atomic E-state index is 0.0277. The van der Waals surface area contributed by atoms with Crippen molar-refractivity contribution in [2.75, 3.05) is 12.3 Å². The van der Waals surface area contributed by atoms with Crippen LogP contribution in [0.25, 0.3) is 0 Å². The molecule has 1 aromatic rings. The first kappa shape index (κ1) is 9.15. The predicted octanol–water partition coefficient (Wildman–Crippen LogP) is 1.14. The summed E-state index contributed by atoms with van der Waals surface area (Å²) < 4.78 is 11.1. The minimum Gasteiger partial charge on any atom is -0.449 e. The smallest absolute Gasteiger partial charge is 0.251 e. The molecule has 4 nitrogen and oxygen atoms in total. The highest BCUT2D eigenvalue weighted by Gasteiger charge is 2.36. The molecule has 0 radical (unpaired) electrons. The van der Waals surface area contributed by atoms with Crippen LogP contribution >= 0.6 is 0 Å². The number of anilines is 1. The van der Waals surface area contributed by atoms with Crippen LogP contribution in [0.15, 0.2) is 18.2 Å². The maximum Gasteiger partial charge on any atom is 0.251 e. The standard InChI is InChI=1S/C10H13NO3/c1-10(4-5-12)13-8-3-2-7(11)6-9(8)14-10/h2-3,6,12H,4-5,11H2,1H3. The lowest BCUT2D eigenvalue weighted by Gasteiger charge is -2.21. The van der Waals surface area contributed by atoms with E-state index in [0.717, 1.165) is 0 Å². The quantitative estimate of drug-likeness (QED) is 0.694. The number of hydrogen-bond acceptors (Lipinski definition) is 4. The fraction of sp³-hybridized carbons (Fsp3) is 0.400. The normalized spacial score (nSPS) is 23.9. The number of hydrogen-bond donors (Lipinski definition) is 2. The molecule has 2 rings (SSSR count). The van der Waals surface area contributed by atoms with Crippen LogP contribution in [-0.4, -0.2) is 17.5 Å². The first-order valence-corrected chi connectivity index (χ1v) is 4.51. The molecule has 0 aliphatic carbocycles. The van der Waals surface area contributed by atoms with Crippen molar-refractivity contribution in [1.82, 2.24) is 0 Å². The van der Waals surface area contributed by atoms with Gasteiger partial charge in [-0.25, -0.2) is 0 Å². The van der Waals surface area contributed by atoms with Crippen molar-refractivity contribution < 1.29 is 14.6 Å². The number of nitrogens with two attached hydrogens (primary N) is 1.